The van der Waals surface area contributed by atoms with Crippen molar-refractivity contribution in [3.05, 3.63) is 16.3 Å². The molecule has 3 heterocycles. The minimum Gasteiger partial charge on any atom is -0.477 e. The maximum Gasteiger partial charge on any atom is 0.352 e. The van der Waals surface area contributed by atoms with Gasteiger partial charge in [0.25, 0.3) is 5.91 Å². The maximum absolute atomic E-state index is 12.5. The maximum atomic E-state index is 12.5. The monoisotopic (exact) mass is 442 g/mol. The number of thioether (sulfide) groups is 2. The van der Waals surface area contributed by atoms with Crippen molar-refractivity contribution in [3.8, 4) is 0 Å². The van der Waals surface area contributed by atoms with Crippen molar-refractivity contribution in [2.75, 3.05) is 11.5 Å². The van der Waals surface area contributed by atoms with Gasteiger partial charge in [0.1, 0.15) is 27.9 Å². The van der Waals surface area contributed by atoms with Gasteiger partial charge in [0.05, 0.1) is 6.42 Å². The normalized spacial score (nSPS) is 21.2. The highest BCUT2D eigenvalue weighted by Gasteiger charge is 2.54. The van der Waals surface area contributed by atoms with E-state index in [1.54, 1.807) is 6.92 Å². The summed E-state index contributed by atoms with van der Waals surface area (Å²) < 4.78 is 0.738. The number of carbonyl (C=O) groups is 4. The average molecular weight is 443 g/mol. The molecule has 2 N–H and O–H groups in total. The van der Waals surface area contributed by atoms with Crippen LogP contribution in [0.4, 0.5) is 0 Å². The number of nitrogens with one attached hydrogen (secondary N) is 1. The third kappa shape index (κ3) is 4.23. The number of fused-ring (bicyclic) bond motifs is 1. The van der Waals surface area contributed by atoms with E-state index in [4.69, 9.17) is 0 Å². The molecule has 2 amide bonds. The molecule has 0 aromatic carbocycles. The van der Waals surface area contributed by atoms with E-state index in [1.165, 1.54) is 39.8 Å². The van der Waals surface area contributed by atoms with Crippen molar-refractivity contribution >= 4 is 58.4 Å². The van der Waals surface area contributed by atoms with Crippen molar-refractivity contribution in [3.63, 3.8) is 0 Å². The van der Waals surface area contributed by atoms with Gasteiger partial charge in [0, 0.05) is 17.9 Å². The molecule has 12 heteroatoms. The van der Waals surface area contributed by atoms with Gasteiger partial charge in [-0.3, -0.25) is 19.3 Å². The summed E-state index contributed by atoms with van der Waals surface area (Å²) in [6, 6.07) is -0.809. The number of hydrogen-bond acceptors (Lipinski definition) is 9. The molecule has 1 aromatic heterocycles. The first-order valence-corrected chi connectivity index (χ1v) is 11.3. The second-order valence-electron chi connectivity index (χ2n) is 6.16. The van der Waals surface area contributed by atoms with Gasteiger partial charge >= 0.3 is 5.97 Å². The second kappa shape index (κ2) is 8.62. The van der Waals surface area contributed by atoms with Gasteiger partial charge in [-0.25, -0.2) is 4.79 Å². The fraction of sp³-hybridized carbons (Fsp3) is 0.500. The lowest BCUT2D eigenvalue weighted by Crippen LogP contribution is -2.70. The highest BCUT2D eigenvalue weighted by molar-refractivity contribution is 8.01. The smallest absolute Gasteiger partial charge is 0.352 e. The highest BCUT2D eigenvalue weighted by atomic mass is 32.2. The zero-order valence-electron chi connectivity index (χ0n) is 15.1. The van der Waals surface area contributed by atoms with Crippen molar-refractivity contribution < 1.29 is 24.3 Å². The molecule has 0 unspecified atom stereocenters. The molecule has 0 radical (unpaired) electrons. The molecule has 1 saturated heterocycles. The number of aliphatic carboxylic acids is 1. The Morgan fingerprint density at radius 1 is 1.36 bits per heavy atom. The topological polar surface area (TPSA) is 130 Å². The molecule has 0 saturated carbocycles. The quantitative estimate of drug-likeness (QED) is 0.345. The standard InChI is InChI=1S/C16H18N4O5S3/c1-3-9(21)4-10(22)17-11-13(23)20-12(15(24)25)8(5-26-14(11)20)6-27-16-19-18-7(2)28-16/h11,14H,3-6H2,1-2H3,(H,17,22)(H,24,25)/t11-,14+/m1/s1. The Morgan fingerprint density at radius 3 is 2.71 bits per heavy atom. The van der Waals surface area contributed by atoms with Crippen LogP contribution in [0.3, 0.4) is 0 Å². The van der Waals surface area contributed by atoms with E-state index in [0.717, 1.165) is 9.35 Å². The second-order valence-corrected chi connectivity index (χ2v) is 9.67. The lowest BCUT2D eigenvalue weighted by molar-refractivity contribution is -0.150. The van der Waals surface area contributed by atoms with Crippen LogP contribution in [0.25, 0.3) is 0 Å². The zero-order chi connectivity index (χ0) is 20.4. The third-order valence-corrected chi connectivity index (χ3v) is 7.59. The number of carbonyl (C=O) groups excluding carboxylic acids is 3. The minimum atomic E-state index is -1.17. The summed E-state index contributed by atoms with van der Waals surface area (Å²) in [5, 5.41) is 20.5. The Balaban J connectivity index is 1.69. The van der Waals surface area contributed by atoms with E-state index in [-0.39, 0.29) is 24.3 Å². The molecule has 28 heavy (non-hydrogen) atoms. The predicted molar refractivity (Wildman–Crippen MR) is 105 cm³/mol. The van der Waals surface area contributed by atoms with Crippen LogP contribution >= 0.6 is 34.9 Å². The fourth-order valence-electron chi connectivity index (χ4n) is 2.81. The van der Waals surface area contributed by atoms with Gasteiger partial charge in [-0.2, -0.15) is 0 Å². The number of ketones is 1. The third-order valence-electron chi connectivity index (χ3n) is 4.20. The first-order chi connectivity index (χ1) is 13.3. The van der Waals surface area contributed by atoms with Gasteiger partial charge in [0.15, 0.2) is 4.34 Å². The zero-order valence-corrected chi connectivity index (χ0v) is 17.6. The number of rotatable bonds is 8. The van der Waals surface area contributed by atoms with E-state index in [1.807, 2.05) is 6.92 Å². The number of β-lactam (4-membered cyclic amide) rings is 1. The van der Waals surface area contributed by atoms with Gasteiger partial charge < -0.3 is 10.4 Å². The first-order valence-electron chi connectivity index (χ1n) is 8.45. The number of carboxylic acid groups (broad SMARTS) is 1. The van der Waals surface area contributed by atoms with Crippen LogP contribution in [0.1, 0.15) is 24.8 Å². The van der Waals surface area contributed by atoms with E-state index >= 15 is 0 Å². The van der Waals surface area contributed by atoms with Crippen LogP contribution in [-0.4, -0.2) is 66.7 Å². The van der Waals surface area contributed by atoms with Crippen molar-refractivity contribution in [1.82, 2.24) is 20.4 Å². The van der Waals surface area contributed by atoms with E-state index in [9.17, 15) is 24.3 Å². The fourth-order valence-corrected chi connectivity index (χ4v) is 6.11. The Hall–Kier alpha value is -1.92. The largest absolute Gasteiger partial charge is 0.477 e. The summed E-state index contributed by atoms with van der Waals surface area (Å²) in [4.78, 5) is 48.9. The molecule has 0 bridgehead atoms. The Morgan fingerprint density at radius 2 is 2.11 bits per heavy atom. The molecule has 2 aliphatic heterocycles. The van der Waals surface area contributed by atoms with Crippen LogP contribution < -0.4 is 5.32 Å². The number of carboxylic acids is 1. The highest BCUT2D eigenvalue weighted by Crippen LogP contribution is 2.41. The van der Waals surface area contributed by atoms with E-state index in [0.29, 0.717) is 17.1 Å². The summed E-state index contributed by atoms with van der Waals surface area (Å²) in [6.07, 6.45) is -0.0279. The number of aryl methyl sites for hydroxylation is 1. The van der Waals surface area contributed by atoms with Crippen molar-refractivity contribution in [2.24, 2.45) is 0 Å². The summed E-state index contributed by atoms with van der Waals surface area (Å²) in [5.41, 5.74) is 0.600. The Bertz CT molecular complexity index is 868. The number of aromatic nitrogens is 2. The van der Waals surface area contributed by atoms with Crippen LogP contribution in [-0.2, 0) is 19.2 Å². The predicted octanol–water partition coefficient (Wildman–Crippen LogP) is 1.05. The van der Waals surface area contributed by atoms with Gasteiger partial charge in [-0.15, -0.1) is 22.0 Å². The summed E-state index contributed by atoms with van der Waals surface area (Å²) in [6.45, 7) is 3.50. The van der Waals surface area contributed by atoms with Gasteiger partial charge in [-0.1, -0.05) is 30.0 Å². The van der Waals surface area contributed by atoms with Crippen molar-refractivity contribution in [1.29, 1.82) is 0 Å². The van der Waals surface area contributed by atoms with Crippen LogP contribution in [0.15, 0.2) is 15.6 Å². The Kier molecular flexibility index (Phi) is 6.40. The van der Waals surface area contributed by atoms with Gasteiger partial charge in [0.2, 0.25) is 5.91 Å². The number of hydrogen-bond donors (Lipinski definition) is 2. The van der Waals surface area contributed by atoms with E-state index in [2.05, 4.69) is 15.5 Å². The SMILES string of the molecule is CCC(=O)CC(=O)N[C@@H]1C(=O)N2C(C(=O)O)=C(CSc3nnc(C)s3)CS[C@@H]12. The average Bonchev–Trinajstić information content (AvgIpc) is 3.08. The summed E-state index contributed by atoms with van der Waals surface area (Å²) >= 11 is 4.21. The molecular formula is C16H18N4O5S3. The minimum absolute atomic E-state index is 0.0300. The number of Topliss-reactive ketones (excluding diaryl/α,β-unsaturated/α-hetero) is 1. The molecule has 1 aromatic rings. The molecule has 1 fully saturated rings. The first kappa shape index (κ1) is 20.8. The molecule has 9 nitrogen and oxygen atoms in total. The molecule has 2 atom stereocenters. The summed E-state index contributed by atoms with van der Waals surface area (Å²) in [5.74, 6) is -1.55. The molecular weight excluding hydrogens is 424 g/mol. The van der Waals surface area contributed by atoms with Crippen LogP contribution in [0.5, 0.6) is 0 Å². The van der Waals surface area contributed by atoms with Crippen LogP contribution in [0.2, 0.25) is 0 Å². The molecule has 2 aliphatic rings. The lowest BCUT2D eigenvalue weighted by atomic mass is 10.0. The molecule has 0 aliphatic carbocycles. The summed E-state index contributed by atoms with van der Waals surface area (Å²) in [7, 11) is 0. The van der Waals surface area contributed by atoms with Crippen LogP contribution in [0, 0.1) is 6.92 Å². The van der Waals surface area contributed by atoms with Gasteiger partial charge in [-0.05, 0) is 12.5 Å². The molecule has 3 rings (SSSR count). The molecule has 0 spiro atoms. The van der Waals surface area contributed by atoms with E-state index < -0.39 is 29.2 Å². The number of amides is 2. The van der Waals surface area contributed by atoms with Crippen molar-refractivity contribution in [2.45, 2.75) is 42.4 Å². The lowest BCUT2D eigenvalue weighted by Gasteiger charge is -2.49. The Labute approximate surface area is 173 Å². The molecule has 150 valence electrons. The number of nitrogens with zero attached hydrogens (tertiary/aromatic N) is 3.